The molecule has 0 saturated carbocycles. The van der Waals surface area contributed by atoms with Crippen LogP contribution in [0, 0.1) is 0 Å². The molecular formula is C18H15F3N4O3. The molecule has 0 aliphatic carbocycles. The largest absolute Gasteiger partial charge is 0.467 e. The van der Waals surface area contributed by atoms with Crippen LogP contribution in [-0.2, 0) is 15.8 Å². The Kier molecular flexibility index (Phi) is 5.48. The number of alkyl halides is 3. The highest BCUT2D eigenvalue weighted by molar-refractivity contribution is 6.39. The molecule has 1 atom stereocenters. The quantitative estimate of drug-likeness (QED) is 0.654. The zero-order chi connectivity index (χ0) is 20.1. The summed E-state index contributed by atoms with van der Waals surface area (Å²) in [5.41, 5.74) is -0.779. The number of carbonyl (C=O) groups excluding carboxylic acids is 2. The second-order valence-corrected chi connectivity index (χ2v) is 5.76. The van der Waals surface area contributed by atoms with Gasteiger partial charge in [-0.1, -0.05) is 0 Å². The van der Waals surface area contributed by atoms with Gasteiger partial charge in [0.25, 0.3) is 0 Å². The Morgan fingerprint density at radius 2 is 1.86 bits per heavy atom. The van der Waals surface area contributed by atoms with Crippen molar-refractivity contribution in [2.75, 3.05) is 11.9 Å². The van der Waals surface area contributed by atoms with E-state index in [0.717, 1.165) is 24.3 Å². The van der Waals surface area contributed by atoms with Crippen molar-refractivity contribution in [2.24, 2.45) is 0 Å². The van der Waals surface area contributed by atoms with Crippen LogP contribution in [0.3, 0.4) is 0 Å². The molecule has 0 aliphatic rings. The Hall–Kier alpha value is -3.56. The van der Waals surface area contributed by atoms with Gasteiger partial charge in [0.2, 0.25) is 0 Å². The molecule has 2 heterocycles. The summed E-state index contributed by atoms with van der Waals surface area (Å²) >= 11 is 0. The van der Waals surface area contributed by atoms with E-state index in [1.165, 1.54) is 6.26 Å². The topological polar surface area (TPSA) is 89.2 Å². The van der Waals surface area contributed by atoms with Crippen molar-refractivity contribution < 1.29 is 27.2 Å². The molecule has 7 nitrogen and oxygen atoms in total. The van der Waals surface area contributed by atoms with Gasteiger partial charge >= 0.3 is 18.0 Å². The van der Waals surface area contributed by atoms with Gasteiger partial charge in [0.15, 0.2) is 0 Å². The number of aromatic nitrogens is 2. The van der Waals surface area contributed by atoms with Crippen LogP contribution in [0.4, 0.5) is 18.9 Å². The molecule has 2 aromatic heterocycles. The van der Waals surface area contributed by atoms with E-state index in [4.69, 9.17) is 4.42 Å². The minimum absolute atomic E-state index is 0.0223. The lowest BCUT2D eigenvalue weighted by Crippen LogP contribution is -2.38. The van der Waals surface area contributed by atoms with Crippen molar-refractivity contribution >= 4 is 17.5 Å². The third kappa shape index (κ3) is 4.58. The molecule has 2 amide bonds. The maximum Gasteiger partial charge on any atom is 0.416 e. The number of amides is 2. The molecule has 0 spiro atoms. The molecule has 1 aromatic carbocycles. The van der Waals surface area contributed by atoms with E-state index in [9.17, 15) is 22.8 Å². The average molecular weight is 392 g/mol. The van der Waals surface area contributed by atoms with Crippen molar-refractivity contribution in [3.63, 3.8) is 0 Å². The van der Waals surface area contributed by atoms with E-state index in [-0.39, 0.29) is 12.2 Å². The van der Waals surface area contributed by atoms with E-state index in [1.807, 2.05) is 0 Å². The van der Waals surface area contributed by atoms with Gasteiger partial charge in [-0.2, -0.15) is 18.3 Å². The van der Waals surface area contributed by atoms with Crippen molar-refractivity contribution in [1.82, 2.24) is 15.1 Å². The Labute approximate surface area is 157 Å². The summed E-state index contributed by atoms with van der Waals surface area (Å²) in [5.74, 6) is -1.41. The number of nitrogens with one attached hydrogen (secondary N) is 2. The smallest absolute Gasteiger partial charge is 0.416 e. The van der Waals surface area contributed by atoms with Crippen LogP contribution in [0.2, 0.25) is 0 Å². The lowest BCUT2D eigenvalue weighted by molar-refractivity contribution is -0.137. The first-order valence-electron chi connectivity index (χ1n) is 8.13. The zero-order valence-corrected chi connectivity index (χ0v) is 14.3. The van der Waals surface area contributed by atoms with E-state index in [1.54, 1.807) is 35.3 Å². The Balaban J connectivity index is 1.60. The third-order valence-corrected chi connectivity index (χ3v) is 3.85. The number of anilines is 1. The number of hydrogen-bond acceptors (Lipinski definition) is 4. The van der Waals surface area contributed by atoms with Gasteiger partial charge in [-0.05, 0) is 42.5 Å². The first-order valence-corrected chi connectivity index (χ1v) is 8.13. The van der Waals surface area contributed by atoms with Crippen molar-refractivity contribution in [3.8, 4) is 0 Å². The lowest BCUT2D eigenvalue weighted by Gasteiger charge is -2.16. The van der Waals surface area contributed by atoms with Crippen LogP contribution in [0.5, 0.6) is 0 Å². The predicted octanol–water partition coefficient (Wildman–Crippen LogP) is 2.84. The van der Waals surface area contributed by atoms with Crippen LogP contribution in [0.15, 0.2) is 65.5 Å². The highest BCUT2D eigenvalue weighted by Gasteiger charge is 2.30. The van der Waals surface area contributed by atoms with Crippen molar-refractivity contribution in [3.05, 3.63) is 72.4 Å². The van der Waals surface area contributed by atoms with Crippen molar-refractivity contribution in [1.29, 1.82) is 0 Å². The minimum Gasteiger partial charge on any atom is -0.467 e. The zero-order valence-electron chi connectivity index (χ0n) is 14.3. The van der Waals surface area contributed by atoms with Crippen LogP contribution in [-0.4, -0.2) is 28.1 Å². The van der Waals surface area contributed by atoms with Gasteiger partial charge in [0.05, 0.1) is 11.8 Å². The van der Waals surface area contributed by atoms with Gasteiger partial charge in [-0.15, -0.1) is 0 Å². The summed E-state index contributed by atoms with van der Waals surface area (Å²) < 4.78 is 44.6. The summed E-state index contributed by atoms with van der Waals surface area (Å²) in [6.45, 7) is 0.0223. The van der Waals surface area contributed by atoms with E-state index in [0.29, 0.717) is 5.76 Å². The lowest BCUT2D eigenvalue weighted by atomic mass is 10.2. The number of rotatable bonds is 5. The molecule has 0 radical (unpaired) electrons. The fourth-order valence-corrected chi connectivity index (χ4v) is 2.47. The number of nitrogens with zero attached hydrogens (tertiary/aromatic N) is 2. The Morgan fingerprint density at radius 1 is 1.11 bits per heavy atom. The molecule has 2 N–H and O–H groups in total. The maximum absolute atomic E-state index is 12.6. The fourth-order valence-electron chi connectivity index (χ4n) is 2.47. The summed E-state index contributed by atoms with van der Waals surface area (Å²) in [5, 5.41) is 8.82. The molecule has 3 aromatic rings. The van der Waals surface area contributed by atoms with Gasteiger partial charge in [0.1, 0.15) is 11.8 Å². The molecule has 0 saturated heterocycles. The molecule has 0 aliphatic heterocycles. The average Bonchev–Trinajstić information content (AvgIpc) is 3.36. The monoisotopic (exact) mass is 392 g/mol. The number of carbonyl (C=O) groups is 2. The molecule has 0 fully saturated rings. The minimum atomic E-state index is -4.48. The second-order valence-electron chi connectivity index (χ2n) is 5.76. The molecule has 0 bridgehead atoms. The first kappa shape index (κ1) is 19.2. The summed E-state index contributed by atoms with van der Waals surface area (Å²) in [6, 6.07) is 8.41. The SMILES string of the molecule is O=C(NCC(c1ccco1)n1cccn1)C(=O)Nc1ccc(C(F)(F)F)cc1. The van der Waals surface area contributed by atoms with Gasteiger partial charge in [-0.25, -0.2) is 0 Å². The Morgan fingerprint density at radius 3 is 2.43 bits per heavy atom. The standard InChI is InChI=1S/C18H15F3N4O3/c19-18(20,21)12-4-6-13(7-5-12)24-17(27)16(26)22-11-14(15-3-1-10-28-15)25-9-2-8-23-25/h1-10,14H,11H2,(H,22,26)(H,24,27). The molecular weight excluding hydrogens is 377 g/mol. The third-order valence-electron chi connectivity index (χ3n) is 3.85. The molecule has 28 heavy (non-hydrogen) atoms. The maximum atomic E-state index is 12.6. The van der Waals surface area contributed by atoms with E-state index in [2.05, 4.69) is 15.7 Å². The molecule has 3 rings (SSSR count). The van der Waals surface area contributed by atoms with Crippen molar-refractivity contribution in [2.45, 2.75) is 12.2 Å². The summed E-state index contributed by atoms with van der Waals surface area (Å²) in [6.07, 6.45) is 0.245. The van der Waals surface area contributed by atoms with Gasteiger partial charge in [-0.3, -0.25) is 14.3 Å². The number of benzene rings is 1. The van der Waals surface area contributed by atoms with Gasteiger partial charge in [0, 0.05) is 24.6 Å². The fraction of sp³-hybridized carbons (Fsp3) is 0.167. The number of hydrogen-bond donors (Lipinski definition) is 2. The van der Waals surface area contributed by atoms with E-state index >= 15 is 0 Å². The van der Waals surface area contributed by atoms with Crippen LogP contribution in [0.1, 0.15) is 17.4 Å². The van der Waals surface area contributed by atoms with E-state index < -0.39 is 29.6 Å². The first-order chi connectivity index (χ1) is 13.3. The Bertz CT molecular complexity index is 886. The normalized spacial score (nSPS) is 12.4. The second kappa shape index (κ2) is 7.99. The highest BCUT2D eigenvalue weighted by atomic mass is 19.4. The highest BCUT2D eigenvalue weighted by Crippen LogP contribution is 2.29. The van der Waals surface area contributed by atoms with Gasteiger partial charge < -0.3 is 15.1 Å². The summed E-state index contributed by atoms with van der Waals surface area (Å²) in [7, 11) is 0. The van der Waals surface area contributed by atoms with Crippen LogP contribution < -0.4 is 10.6 Å². The molecule has 10 heteroatoms. The summed E-state index contributed by atoms with van der Waals surface area (Å²) in [4.78, 5) is 24.0. The molecule has 1 unspecified atom stereocenters. The van der Waals surface area contributed by atoms with Crippen LogP contribution in [0.25, 0.3) is 0 Å². The molecule has 146 valence electrons. The van der Waals surface area contributed by atoms with Crippen LogP contribution >= 0.6 is 0 Å². The number of halogens is 3. The number of furan rings is 1. The predicted molar refractivity (Wildman–Crippen MR) is 92.2 cm³/mol.